The first-order valence-electron chi connectivity index (χ1n) is 3.59. The lowest BCUT2D eigenvalue weighted by Gasteiger charge is -2.01. The fourth-order valence-corrected chi connectivity index (χ4v) is 1.42. The molecule has 1 aromatic carbocycles. The average Bonchev–Trinajstić information content (AvgIpc) is 2.13. The summed E-state index contributed by atoms with van der Waals surface area (Å²) in [7, 11) is 0. The van der Waals surface area contributed by atoms with Gasteiger partial charge in [-0.15, -0.1) is 0 Å². The summed E-state index contributed by atoms with van der Waals surface area (Å²) in [5.41, 5.74) is 0.760. The van der Waals surface area contributed by atoms with E-state index in [0.29, 0.717) is 15.7 Å². The first kappa shape index (κ1) is 10.6. The number of nitro benzene ring substituents is 1. The molecule has 1 aromatic rings. The number of hydrogen-bond donors (Lipinski definition) is 0. The molecule has 0 saturated carbocycles. The Bertz CT molecular complexity index is 411. The van der Waals surface area contributed by atoms with Crippen molar-refractivity contribution in [2.24, 2.45) is 4.99 Å². The van der Waals surface area contributed by atoms with Crippen LogP contribution in [0.3, 0.4) is 0 Å². The molecule has 1 rings (SSSR count). The number of nitro groups is 1. The Labute approximate surface area is 87.7 Å². The van der Waals surface area contributed by atoms with Crippen LogP contribution in [0, 0.1) is 17.0 Å². The summed E-state index contributed by atoms with van der Waals surface area (Å²) < 4.78 is 0.440. The Morgan fingerprint density at radius 2 is 2.21 bits per heavy atom. The molecule has 0 fully saturated rings. The molecule has 0 aliphatic rings. The molecule has 0 N–H and O–H groups in total. The van der Waals surface area contributed by atoms with Gasteiger partial charge >= 0.3 is 0 Å². The highest BCUT2D eigenvalue weighted by Crippen LogP contribution is 2.33. The quantitative estimate of drug-likeness (QED) is 0.354. The van der Waals surface area contributed by atoms with Crippen molar-refractivity contribution in [2.45, 2.75) is 6.92 Å². The highest BCUT2D eigenvalue weighted by molar-refractivity contribution is 9.10. The third-order valence-electron chi connectivity index (χ3n) is 1.70. The lowest BCUT2D eigenvalue weighted by molar-refractivity contribution is -0.385. The van der Waals surface area contributed by atoms with E-state index in [2.05, 4.69) is 20.9 Å². The van der Waals surface area contributed by atoms with Gasteiger partial charge in [0.25, 0.3) is 5.69 Å². The van der Waals surface area contributed by atoms with E-state index in [4.69, 9.17) is 0 Å². The van der Waals surface area contributed by atoms with Crippen LogP contribution in [0.5, 0.6) is 0 Å². The van der Waals surface area contributed by atoms with Crippen molar-refractivity contribution in [3.05, 3.63) is 32.3 Å². The summed E-state index contributed by atoms with van der Waals surface area (Å²) in [5, 5.41) is 10.5. The van der Waals surface area contributed by atoms with E-state index < -0.39 is 4.92 Å². The third-order valence-corrected chi connectivity index (χ3v) is 2.70. The van der Waals surface area contributed by atoms with Crippen LogP contribution in [0.2, 0.25) is 0 Å². The molecule has 0 heterocycles. The zero-order valence-electron chi connectivity index (χ0n) is 7.15. The van der Waals surface area contributed by atoms with Gasteiger partial charge in [-0.05, 0) is 28.9 Å². The minimum Gasteiger partial charge on any atom is -0.258 e. The molecule has 0 aliphatic carbocycles. The predicted molar refractivity (Wildman–Crippen MR) is 53.3 cm³/mol. The molecule has 0 spiro atoms. The van der Waals surface area contributed by atoms with Crippen LogP contribution in [0.4, 0.5) is 11.4 Å². The van der Waals surface area contributed by atoms with Crippen LogP contribution in [-0.2, 0) is 4.79 Å². The van der Waals surface area contributed by atoms with Gasteiger partial charge in [0.05, 0.1) is 15.1 Å². The number of hydrogen-bond acceptors (Lipinski definition) is 4. The molecule has 0 aliphatic heterocycles. The minimum absolute atomic E-state index is 0.0123. The third kappa shape index (κ3) is 1.86. The molecular weight excluding hydrogens is 252 g/mol. The van der Waals surface area contributed by atoms with Gasteiger partial charge in [0.2, 0.25) is 6.08 Å². The van der Waals surface area contributed by atoms with Crippen molar-refractivity contribution in [1.29, 1.82) is 0 Å². The molecule has 6 heteroatoms. The fourth-order valence-electron chi connectivity index (χ4n) is 0.994. The van der Waals surface area contributed by atoms with Crippen molar-refractivity contribution in [3.8, 4) is 0 Å². The maximum atomic E-state index is 10.5. The molecule has 5 nitrogen and oxygen atoms in total. The van der Waals surface area contributed by atoms with E-state index in [1.54, 1.807) is 6.92 Å². The summed E-state index contributed by atoms with van der Waals surface area (Å²) in [4.78, 5) is 23.4. The molecule has 14 heavy (non-hydrogen) atoms. The van der Waals surface area contributed by atoms with Gasteiger partial charge in [0.1, 0.15) is 0 Å². The van der Waals surface area contributed by atoms with E-state index in [1.165, 1.54) is 18.2 Å². The Morgan fingerprint density at radius 3 is 2.71 bits per heavy atom. The normalized spacial score (nSPS) is 9.29. The number of rotatable bonds is 2. The average molecular weight is 257 g/mol. The Kier molecular flexibility index (Phi) is 3.11. The van der Waals surface area contributed by atoms with Gasteiger partial charge in [-0.25, -0.2) is 4.79 Å². The molecule has 72 valence electrons. The second-order valence-electron chi connectivity index (χ2n) is 2.50. The molecule has 0 bridgehead atoms. The lowest BCUT2D eigenvalue weighted by Crippen LogP contribution is -1.91. The van der Waals surface area contributed by atoms with Crippen LogP contribution < -0.4 is 0 Å². The van der Waals surface area contributed by atoms with Crippen LogP contribution in [0.1, 0.15) is 5.56 Å². The number of halogens is 1. The maximum absolute atomic E-state index is 10.5. The number of benzene rings is 1. The zero-order chi connectivity index (χ0) is 10.7. The topological polar surface area (TPSA) is 72.6 Å². The smallest absolute Gasteiger partial charge is 0.258 e. The fraction of sp³-hybridized carbons (Fsp3) is 0.125. The Balaban J connectivity index is 3.40. The van der Waals surface area contributed by atoms with Gasteiger partial charge in [-0.2, -0.15) is 4.99 Å². The van der Waals surface area contributed by atoms with Crippen LogP contribution in [0.25, 0.3) is 0 Å². The number of carbonyl (C=O) groups excluding carboxylic acids is 1. The maximum Gasteiger partial charge on any atom is 0.273 e. The number of isocyanates is 1. The van der Waals surface area contributed by atoms with Gasteiger partial charge in [-0.3, -0.25) is 10.1 Å². The molecular formula is C8H5BrN2O3. The van der Waals surface area contributed by atoms with Crippen molar-refractivity contribution in [1.82, 2.24) is 0 Å². The van der Waals surface area contributed by atoms with Gasteiger partial charge < -0.3 is 0 Å². The van der Waals surface area contributed by atoms with E-state index in [-0.39, 0.29) is 5.69 Å². The first-order valence-corrected chi connectivity index (χ1v) is 4.38. The van der Waals surface area contributed by atoms with Crippen LogP contribution in [-0.4, -0.2) is 11.0 Å². The van der Waals surface area contributed by atoms with Gasteiger partial charge in [0, 0.05) is 11.6 Å². The summed E-state index contributed by atoms with van der Waals surface area (Å²) in [6, 6.07) is 2.69. The van der Waals surface area contributed by atoms with E-state index in [0.717, 1.165) is 0 Å². The Morgan fingerprint density at radius 1 is 1.57 bits per heavy atom. The minimum atomic E-state index is -0.492. The predicted octanol–water partition coefficient (Wildman–Crippen LogP) is 2.63. The summed E-state index contributed by atoms with van der Waals surface area (Å²) >= 11 is 3.12. The van der Waals surface area contributed by atoms with Crippen LogP contribution in [0.15, 0.2) is 21.6 Å². The number of aliphatic imine (C=N–C) groups is 1. The van der Waals surface area contributed by atoms with Crippen LogP contribution >= 0.6 is 15.9 Å². The van der Waals surface area contributed by atoms with E-state index in [1.807, 2.05) is 0 Å². The van der Waals surface area contributed by atoms with Crippen molar-refractivity contribution in [2.75, 3.05) is 0 Å². The zero-order valence-corrected chi connectivity index (χ0v) is 8.74. The van der Waals surface area contributed by atoms with E-state index in [9.17, 15) is 14.9 Å². The molecule has 0 amide bonds. The second-order valence-corrected chi connectivity index (χ2v) is 3.30. The summed E-state index contributed by atoms with van der Waals surface area (Å²) in [6.45, 7) is 1.58. The highest BCUT2D eigenvalue weighted by Gasteiger charge is 2.15. The van der Waals surface area contributed by atoms with E-state index >= 15 is 0 Å². The van der Waals surface area contributed by atoms with Crippen molar-refractivity contribution in [3.63, 3.8) is 0 Å². The largest absolute Gasteiger partial charge is 0.273 e. The molecule has 0 aromatic heterocycles. The molecule has 0 radical (unpaired) electrons. The van der Waals surface area contributed by atoms with Gasteiger partial charge in [0.15, 0.2) is 0 Å². The molecule has 0 saturated heterocycles. The van der Waals surface area contributed by atoms with Crippen molar-refractivity contribution >= 4 is 33.4 Å². The summed E-state index contributed by atoms with van der Waals surface area (Å²) in [5.74, 6) is 0. The summed E-state index contributed by atoms with van der Waals surface area (Å²) in [6.07, 6.45) is 1.38. The second kappa shape index (κ2) is 4.13. The monoisotopic (exact) mass is 256 g/mol. The Hall–Kier alpha value is -1.52. The number of nitrogens with zero attached hydrogens (tertiary/aromatic N) is 2. The molecule has 0 unspecified atom stereocenters. The standard InChI is InChI=1S/C8H5BrN2O3/c1-5-7(11(13)14)3-2-6(8(5)9)10-4-12/h2-3H,1H3. The van der Waals surface area contributed by atoms with Crippen molar-refractivity contribution < 1.29 is 9.72 Å². The lowest BCUT2D eigenvalue weighted by atomic mass is 10.2. The first-order chi connectivity index (χ1) is 6.57. The highest BCUT2D eigenvalue weighted by atomic mass is 79.9. The molecule has 0 atom stereocenters. The van der Waals surface area contributed by atoms with Gasteiger partial charge in [-0.1, -0.05) is 0 Å². The SMILES string of the molecule is Cc1c([N+](=O)[O-])ccc(N=C=O)c1Br.